The predicted molar refractivity (Wildman–Crippen MR) is 106 cm³/mol. The van der Waals surface area contributed by atoms with Crippen molar-refractivity contribution >= 4 is 16.9 Å². The van der Waals surface area contributed by atoms with Crippen LogP contribution in [-0.4, -0.2) is 54.5 Å². The van der Waals surface area contributed by atoms with Crippen LogP contribution in [0.4, 0.5) is 0 Å². The molecule has 2 aromatic rings. The standard InChI is InChI=1S/C20H30N4O2/c1-3-21-19(23-14-20(25)9-12-26-13-10-20)22-11-8-16-15(2)24-18-7-5-4-6-17(16)18/h4-7,24-25H,3,8-14H2,1-2H3,(H2,21,22,23). The minimum absolute atomic E-state index is 0.401. The second-order valence-corrected chi connectivity index (χ2v) is 6.98. The number of rotatable bonds is 6. The van der Waals surface area contributed by atoms with Gasteiger partial charge in [-0.15, -0.1) is 0 Å². The second-order valence-electron chi connectivity index (χ2n) is 6.98. The highest BCUT2D eigenvalue weighted by Gasteiger charge is 2.29. The van der Waals surface area contributed by atoms with Crippen LogP contribution < -0.4 is 10.6 Å². The zero-order valence-electron chi connectivity index (χ0n) is 15.8. The Kier molecular flexibility index (Phi) is 6.16. The number of ether oxygens (including phenoxy) is 1. The summed E-state index contributed by atoms with van der Waals surface area (Å²) in [5.41, 5.74) is 2.99. The first-order valence-corrected chi connectivity index (χ1v) is 9.50. The lowest BCUT2D eigenvalue weighted by atomic mass is 9.95. The van der Waals surface area contributed by atoms with Crippen LogP contribution >= 0.6 is 0 Å². The summed E-state index contributed by atoms with van der Waals surface area (Å²) in [6.45, 7) is 7.36. The highest BCUT2D eigenvalue weighted by molar-refractivity contribution is 5.84. The van der Waals surface area contributed by atoms with Gasteiger partial charge in [0.15, 0.2) is 5.96 Å². The van der Waals surface area contributed by atoms with E-state index in [-0.39, 0.29) is 0 Å². The molecule has 2 heterocycles. The Bertz CT molecular complexity index is 747. The fourth-order valence-corrected chi connectivity index (χ4v) is 3.44. The first-order chi connectivity index (χ1) is 12.6. The highest BCUT2D eigenvalue weighted by atomic mass is 16.5. The van der Waals surface area contributed by atoms with Crippen LogP contribution in [-0.2, 0) is 11.2 Å². The smallest absolute Gasteiger partial charge is 0.191 e. The number of aromatic nitrogens is 1. The molecule has 0 unspecified atom stereocenters. The Morgan fingerprint density at radius 1 is 1.27 bits per heavy atom. The molecular formula is C20H30N4O2. The van der Waals surface area contributed by atoms with Crippen LogP contribution in [0.1, 0.15) is 31.0 Å². The number of nitrogens with one attached hydrogen (secondary N) is 3. The van der Waals surface area contributed by atoms with Crippen LogP contribution in [0.15, 0.2) is 29.3 Å². The number of aliphatic imine (C=N–C) groups is 1. The molecule has 1 aliphatic heterocycles. The van der Waals surface area contributed by atoms with Crippen LogP contribution in [0.3, 0.4) is 0 Å². The second kappa shape index (κ2) is 8.56. The average Bonchev–Trinajstić information content (AvgIpc) is 2.96. The summed E-state index contributed by atoms with van der Waals surface area (Å²) in [4.78, 5) is 8.04. The van der Waals surface area contributed by atoms with Gasteiger partial charge in [-0.25, -0.2) is 0 Å². The summed E-state index contributed by atoms with van der Waals surface area (Å²) in [7, 11) is 0. The number of hydrogen-bond acceptors (Lipinski definition) is 3. The molecule has 26 heavy (non-hydrogen) atoms. The Morgan fingerprint density at radius 3 is 2.81 bits per heavy atom. The van der Waals surface area contributed by atoms with E-state index in [1.807, 2.05) is 6.92 Å². The van der Waals surface area contributed by atoms with Crippen molar-refractivity contribution in [2.75, 3.05) is 32.8 Å². The Labute approximate surface area is 155 Å². The summed E-state index contributed by atoms with van der Waals surface area (Å²) in [6, 6.07) is 8.40. The van der Waals surface area contributed by atoms with Crippen molar-refractivity contribution in [3.05, 3.63) is 35.5 Å². The molecule has 142 valence electrons. The van der Waals surface area contributed by atoms with Crippen molar-refractivity contribution < 1.29 is 9.84 Å². The van der Waals surface area contributed by atoms with Gasteiger partial charge in [-0.1, -0.05) is 18.2 Å². The number of benzene rings is 1. The van der Waals surface area contributed by atoms with Gasteiger partial charge in [0.1, 0.15) is 0 Å². The average molecular weight is 358 g/mol. The summed E-state index contributed by atoms with van der Waals surface area (Å²) in [5.74, 6) is 0.755. The molecule has 4 N–H and O–H groups in total. The highest BCUT2D eigenvalue weighted by Crippen LogP contribution is 2.22. The van der Waals surface area contributed by atoms with Crippen molar-refractivity contribution in [1.82, 2.24) is 15.6 Å². The van der Waals surface area contributed by atoms with E-state index >= 15 is 0 Å². The monoisotopic (exact) mass is 358 g/mol. The number of fused-ring (bicyclic) bond motifs is 1. The third kappa shape index (κ3) is 4.56. The topological polar surface area (TPSA) is 81.7 Å². The molecule has 1 aliphatic rings. The molecule has 3 rings (SSSR count). The number of aliphatic hydroxyl groups is 1. The zero-order chi connectivity index (χ0) is 18.4. The number of aryl methyl sites for hydroxylation is 1. The minimum atomic E-state index is -0.742. The lowest BCUT2D eigenvalue weighted by Crippen LogP contribution is -2.43. The predicted octanol–water partition coefficient (Wildman–Crippen LogP) is 2.12. The maximum atomic E-state index is 10.6. The lowest BCUT2D eigenvalue weighted by molar-refractivity contribution is -0.0565. The van der Waals surface area contributed by atoms with E-state index < -0.39 is 5.60 Å². The summed E-state index contributed by atoms with van der Waals surface area (Å²) in [5, 5.41) is 18.5. The van der Waals surface area contributed by atoms with Crippen LogP contribution in [0, 0.1) is 6.92 Å². The SMILES string of the molecule is CCNC(=NCC1(O)CCOCC1)NCCc1c(C)[nH]c2ccccc12. The van der Waals surface area contributed by atoms with E-state index in [0.29, 0.717) is 32.6 Å². The number of aromatic amines is 1. The van der Waals surface area contributed by atoms with Gasteiger partial charge in [0.25, 0.3) is 0 Å². The van der Waals surface area contributed by atoms with Crippen molar-refractivity contribution in [2.24, 2.45) is 4.99 Å². The molecule has 0 spiro atoms. The molecule has 0 amide bonds. The fraction of sp³-hybridized carbons (Fsp3) is 0.550. The number of nitrogens with zero attached hydrogens (tertiary/aromatic N) is 1. The van der Waals surface area contributed by atoms with E-state index in [4.69, 9.17) is 4.74 Å². The van der Waals surface area contributed by atoms with Crippen LogP contribution in [0.2, 0.25) is 0 Å². The van der Waals surface area contributed by atoms with Crippen molar-refractivity contribution in [3.63, 3.8) is 0 Å². The van der Waals surface area contributed by atoms with Gasteiger partial charge in [-0.3, -0.25) is 4.99 Å². The molecule has 1 aromatic carbocycles. The minimum Gasteiger partial charge on any atom is -0.388 e. The maximum Gasteiger partial charge on any atom is 0.191 e. The first-order valence-electron chi connectivity index (χ1n) is 9.50. The van der Waals surface area contributed by atoms with Crippen molar-refractivity contribution in [2.45, 2.75) is 38.7 Å². The molecular weight excluding hydrogens is 328 g/mol. The molecule has 1 fully saturated rings. The number of H-pyrrole nitrogens is 1. The quantitative estimate of drug-likeness (QED) is 0.471. The van der Waals surface area contributed by atoms with Gasteiger partial charge in [0.05, 0.1) is 12.1 Å². The molecule has 1 saturated heterocycles. The van der Waals surface area contributed by atoms with E-state index in [0.717, 1.165) is 25.5 Å². The Morgan fingerprint density at radius 2 is 2.04 bits per heavy atom. The molecule has 6 nitrogen and oxygen atoms in total. The number of hydrogen-bond donors (Lipinski definition) is 4. The Balaban J connectivity index is 1.59. The maximum absolute atomic E-state index is 10.6. The molecule has 0 atom stereocenters. The van der Waals surface area contributed by atoms with Gasteiger partial charge >= 0.3 is 0 Å². The molecule has 0 aliphatic carbocycles. The van der Waals surface area contributed by atoms with E-state index in [1.165, 1.54) is 22.2 Å². The third-order valence-electron chi connectivity index (χ3n) is 4.99. The Hall–Kier alpha value is -2.05. The number of para-hydroxylation sites is 1. The lowest BCUT2D eigenvalue weighted by Gasteiger charge is -2.30. The molecule has 0 bridgehead atoms. The van der Waals surface area contributed by atoms with Crippen molar-refractivity contribution in [3.8, 4) is 0 Å². The number of guanidine groups is 1. The van der Waals surface area contributed by atoms with Gasteiger partial charge in [0.2, 0.25) is 0 Å². The first kappa shape index (κ1) is 18.7. The summed E-state index contributed by atoms with van der Waals surface area (Å²) >= 11 is 0. The van der Waals surface area contributed by atoms with Crippen LogP contribution in [0.25, 0.3) is 10.9 Å². The largest absolute Gasteiger partial charge is 0.388 e. The third-order valence-corrected chi connectivity index (χ3v) is 4.99. The molecule has 6 heteroatoms. The van der Waals surface area contributed by atoms with Gasteiger partial charge in [0, 0.05) is 55.7 Å². The van der Waals surface area contributed by atoms with Gasteiger partial charge in [-0.05, 0) is 31.9 Å². The summed E-state index contributed by atoms with van der Waals surface area (Å²) < 4.78 is 5.33. The van der Waals surface area contributed by atoms with E-state index in [9.17, 15) is 5.11 Å². The van der Waals surface area contributed by atoms with Crippen LogP contribution in [0.5, 0.6) is 0 Å². The fourth-order valence-electron chi connectivity index (χ4n) is 3.44. The molecule has 1 aromatic heterocycles. The van der Waals surface area contributed by atoms with Gasteiger partial charge in [-0.2, -0.15) is 0 Å². The normalized spacial score (nSPS) is 17.4. The molecule has 0 saturated carbocycles. The van der Waals surface area contributed by atoms with Crippen molar-refractivity contribution in [1.29, 1.82) is 0 Å². The summed E-state index contributed by atoms with van der Waals surface area (Å²) in [6.07, 6.45) is 2.20. The van der Waals surface area contributed by atoms with Gasteiger partial charge < -0.3 is 25.5 Å². The zero-order valence-corrected chi connectivity index (χ0v) is 15.8. The van der Waals surface area contributed by atoms with E-state index in [1.54, 1.807) is 0 Å². The van der Waals surface area contributed by atoms with E-state index in [2.05, 4.69) is 51.8 Å². The molecule has 0 radical (unpaired) electrons.